The van der Waals surface area contributed by atoms with E-state index in [0.29, 0.717) is 11.6 Å². The van der Waals surface area contributed by atoms with Crippen LogP contribution in [0.5, 0.6) is 11.5 Å². The van der Waals surface area contributed by atoms with Crippen molar-refractivity contribution < 1.29 is 14.6 Å². The lowest BCUT2D eigenvalue weighted by Crippen LogP contribution is -2.07. The minimum absolute atomic E-state index is 0.0407. The number of aromatic hydroxyl groups is 1. The van der Waals surface area contributed by atoms with E-state index in [9.17, 15) is 9.90 Å². The minimum Gasteiger partial charge on any atom is -0.506 e. The van der Waals surface area contributed by atoms with Crippen molar-refractivity contribution in [2.24, 2.45) is 0 Å². The Kier molecular flexibility index (Phi) is 6.13. The van der Waals surface area contributed by atoms with E-state index in [0.717, 1.165) is 16.9 Å². The van der Waals surface area contributed by atoms with E-state index in [1.54, 1.807) is 12.1 Å². The summed E-state index contributed by atoms with van der Waals surface area (Å²) in [6, 6.07) is 21.8. The molecule has 0 unspecified atom stereocenters. The zero-order chi connectivity index (χ0) is 19.1. The molecule has 3 aromatic carbocycles. The molecule has 3 rings (SSSR count). The highest BCUT2D eigenvalue weighted by molar-refractivity contribution is 6.31. The van der Waals surface area contributed by atoms with Crippen LogP contribution in [0.2, 0.25) is 5.02 Å². The Balaban J connectivity index is 1.55. The van der Waals surface area contributed by atoms with Crippen molar-refractivity contribution in [3.63, 3.8) is 0 Å². The lowest BCUT2D eigenvalue weighted by molar-refractivity contribution is -0.111. The highest BCUT2D eigenvalue weighted by atomic mass is 35.5. The summed E-state index contributed by atoms with van der Waals surface area (Å²) in [7, 11) is 0. The average molecular weight is 380 g/mol. The van der Waals surface area contributed by atoms with Gasteiger partial charge in [0.25, 0.3) is 0 Å². The molecule has 3 aromatic rings. The number of benzene rings is 3. The molecule has 0 saturated carbocycles. The van der Waals surface area contributed by atoms with Gasteiger partial charge in [0.1, 0.15) is 18.1 Å². The van der Waals surface area contributed by atoms with E-state index in [-0.39, 0.29) is 17.3 Å². The van der Waals surface area contributed by atoms with Crippen molar-refractivity contribution in [2.45, 2.75) is 6.61 Å². The average Bonchev–Trinajstić information content (AvgIpc) is 2.69. The van der Waals surface area contributed by atoms with Gasteiger partial charge in [0, 0.05) is 11.1 Å². The quantitative estimate of drug-likeness (QED) is 0.452. The van der Waals surface area contributed by atoms with Gasteiger partial charge in [-0.05, 0) is 47.5 Å². The Labute approximate surface area is 162 Å². The molecule has 0 aliphatic carbocycles. The minimum atomic E-state index is -0.364. The molecule has 0 radical (unpaired) electrons. The molecule has 136 valence electrons. The van der Waals surface area contributed by atoms with Gasteiger partial charge >= 0.3 is 0 Å². The number of hydrogen-bond acceptors (Lipinski definition) is 3. The molecule has 27 heavy (non-hydrogen) atoms. The van der Waals surface area contributed by atoms with Gasteiger partial charge in [-0.25, -0.2) is 0 Å². The molecule has 0 fully saturated rings. The van der Waals surface area contributed by atoms with Gasteiger partial charge in [-0.1, -0.05) is 54.1 Å². The first kappa shape index (κ1) is 18.5. The monoisotopic (exact) mass is 379 g/mol. The van der Waals surface area contributed by atoms with Crippen LogP contribution in [0, 0.1) is 0 Å². The highest BCUT2D eigenvalue weighted by Crippen LogP contribution is 2.26. The molecule has 0 atom stereocenters. The zero-order valence-electron chi connectivity index (χ0n) is 14.4. The number of carbonyl (C=O) groups is 1. The van der Waals surface area contributed by atoms with Gasteiger partial charge in [0.15, 0.2) is 0 Å². The number of nitrogens with one attached hydrogen (secondary N) is 1. The van der Waals surface area contributed by atoms with Crippen LogP contribution in [0.15, 0.2) is 78.9 Å². The summed E-state index contributed by atoms with van der Waals surface area (Å²) in [5, 5.41) is 12.7. The van der Waals surface area contributed by atoms with Crippen LogP contribution in [0.1, 0.15) is 11.1 Å². The summed E-state index contributed by atoms with van der Waals surface area (Å²) in [6.07, 6.45) is 3.07. The topological polar surface area (TPSA) is 58.6 Å². The Morgan fingerprint density at radius 2 is 1.78 bits per heavy atom. The Bertz CT molecular complexity index is 938. The van der Waals surface area contributed by atoms with E-state index in [1.165, 1.54) is 18.2 Å². The molecule has 0 heterocycles. The summed E-state index contributed by atoms with van der Waals surface area (Å²) in [4.78, 5) is 12.0. The van der Waals surface area contributed by atoms with Crippen LogP contribution in [-0.4, -0.2) is 11.0 Å². The fourth-order valence-corrected chi connectivity index (χ4v) is 2.54. The number of amides is 1. The highest BCUT2D eigenvalue weighted by Gasteiger charge is 2.04. The smallest absolute Gasteiger partial charge is 0.248 e. The number of phenols is 1. The second kappa shape index (κ2) is 8.92. The summed E-state index contributed by atoms with van der Waals surface area (Å²) in [5.41, 5.74) is 2.22. The maximum atomic E-state index is 12.0. The Morgan fingerprint density at radius 1 is 1.04 bits per heavy atom. The summed E-state index contributed by atoms with van der Waals surface area (Å²) >= 11 is 5.86. The van der Waals surface area contributed by atoms with E-state index in [1.807, 2.05) is 54.6 Å². The molecule has 0 aliphatic rings. The van der Waals surface area contributed by atoms with Crippen LogP contribution in [-0.2, 0) is 11.4 Å². The largest absolute Gasteiger partial charge is 0.506 e. The summed E-state index contributed by atoms with van der Waals surface area (Å²) < 4.78 is 5.73. The molecule has 0 bridgehead atoms. The molecule has 5 heteroatoms. The fraction of sp³-hybridized carbons (Fsp3) is 0.0455. The van der Waals surface area contributed by atoms with Crippen molar-refractivity contribution in [3.05, 3.63) is 95.0 Å². The Morgan fingerprint density at radius 3 is 2.52 bits per heavy atom. The van der Waals surface area contributed by atoms with E-state index in [4.69, 9.17) is 16.3 Å². The van der Waals surface area contributed by atoms with Crippen molar-refractivity contribution in [1.29, 1.82) is 0 Å². The van der Waals surface area contributed by atoms with Crippen molar-refractivity contribution in [2.75, 3.05) is 5.32 Å². The van der Waals surface area contributed by atoms with Crippen molar-refractivity contribution in [1.82, 2.24) is 0 Å². The second-order valence-electron chi connectivity index (χ2n) is 5.83. The van der Waals surface area contributed by atoms with Gasteiger partial charge in [0.05, 0.1) is 5.69 Å². The van der Waals surface area contributed by atoms with Gasteiger partial charge in [-0.2, -0.15) is 0 Å². The van der Waals surface area contributed by atoms with Crippen LogP contribution in [0.4, 0.5) is 5.69 Å². The predicted octanol–water partition coefficient (Wildman–Crippen LogP) is 5.28. The Hall–Kier alpha value is -3.24. The second-order valence-corrected chi connectivity index (χ2v) is 6.26. The van der Waals surface area contributed by atoms with E-state index >= 15 is 0 Å². The normalized spacial score (nSPS) is 10.7. The lowest BCUT2D eigenvalue weighted by Gasteiger charge is -2.06. The lowest BCUT2D eigenvalue weighted by atomic mass is 10.2. The maximum Gasteiger partial charge on any atom is 0.248 e. The third kappa shape index (κ3) is 5.62. The molecular weight excluding hydrogens is 362 g/mol. The predicted molar refractivity (Wildman–Crippen MR) is 108 cm³/mol. The molecule has 4 nitrogen and oxygen atoms in total. The first-order chi connectivity index (χ1) is 13.1. The summed E-state index contributed by atoms with van der Waals surface area (Å²) in [5.74, 6) is 0.349. The number of carbonyl (C=O) groups excluding carboxylic acids is 1. The van der Waals surface area contributed by atoms with Gasteiger partial charge < -0.3 is 15.2 Å². The van der Waals surface area contributed by atoms with E-state index < -0.39 is 0 Å². The first-order valence-electron chi connectivity index (χ1n) is 8.34. The van der Waals surface area contributed by atoms with Gasteiger partial charge in [-0.15, -0.1) is 0 Å². The third-order valence-electron chi connectivity index (χ3n) is 3.77. The molecule has 0 spiro atoms. The number of ether oxygens (including phenoxy) is 1. The molecule has 2 N–H and O–H groups in total. The number of anilines is 1. The van der Waals surface area contributed by atoms with Gasteiger partial charge in [-0.3, -0.25) is 4.79 Å². The van der Waals surface area contributed by atoms with Crippen LogP contribution in [0.3, 0.4) is 0 Å². The first-order valence-corrected chi connectivity index (χ1v) is 8.72. The van der Waals surface area contributed by atoms with Crippen LogP contribution in [0.25, 0.3) is 6.08 Å². The van der Waals surface area contributed by atoms with E-state index in [2.05, 4.69) is 5.32 Å². The maximum absolute atomic E-state index is 12.0. The number of hydrogen-bond donors (Lipinski definition) is 2. The number of rotatable bonds is 6. The summed E-state index contributed by atoms with van der Waals surface area (Å²) in [6.45, 7) is 0.502. The number of halogens is 1. The standard InChI is InChI=1S/C22H18ClNO3/c23-18-9-12-21(25)20(14-18)24-22(26)13-8-16-6-10-19(11-7-16)27-15-17-4-2-1-3-5-17/h1-14,25H,15H2,(H,24,26)/b13-8+. The zero-order valence-corrected chi connectivity index (χ0v) is 15.2. The molecule has 0 aromatic heterocycles. The van der Waals surface area contributed by atoms with Crippen molar-refractivity contribution in [3.8, 4) is 11.5 Å². The third-order valence-corrected chi connectivity index (χ3v) is 4.01. The number of phenolic OH excluding ortho intramolecular Hbond substituents is 1. The van der Waals surface area contributed by atoms with Crippen LogP contribution < -0.4 is 10.1 Å². The molecular formula is C22H18ClNO3. The molecule has 0 aliphatic heterocycles. The molecule has 0 saturated heterocycles. The van der Waals surface area contributed by atoms with Crippen molar-refractivity contribution >= 4 is 29.3 Å². The van der Waals surface area contributed by atoms with Crippen LogP contribution >= 0.6 is 11.6 Å². The SMILES string of the molecule is O=C(/C=C/c1ccc(OCc2ccccc2)cc1)Nc1cc(Cl)ccc1O. The molecule has 1 amide bonds. The van der Waals surface area contributed by atoms with Gasteiger partial charge in [0.2, 0.25) is 5.91 Å². The fourth-order valence-electron chi connectivity index (χ4n) is 2.37.